The van der Waals surface area contributed by atoms with Crippen LogP contribution in [0, 0.1) is 0 Å². The van der Waals surface area contributed by atoms with Crippen LogP contribution in [0.2, 0.25) is 0 Å². The average molecular weight is 355 g/mol. The Morgan fingerprint density at radius 2 is 2.16 bits per heavy atom. The smallest absolute Gasteiger partial charge is 0.416 e. The molecule has 9 heteroatoms. The first-order valence-electron chi connectivity index (χ1n) is 7.73. The summed E-state index contributed by atoms with van der Waals surface area (Å²) in [5, 5.41) is 4.18. The number of aromatic nitrogens is 3. The number of methoxy groups -OCH3 is 1. The van der Waals surface area contributed by atoms with E-state index in [-0.39, 0.29) is 6.54 Å². The highest BCUT2D eigenvalue weighted by Gasteiger charge is 2.32. The van der Waals surface area contributed by atoms with E-state index < -0.39 is 29.4 Å². The van der Waals surface area contributed by atoms with Gasteiger partial charge in [0.15, 0.2) is 0 Å². The van der Waals surface area contributed by atoms with Gasteiger partial charge in [0.05, 0.1) is 19.2 Å². The van der Waals surface area contributed by atoms with Gasteiger partial charge in [-0.2, -0.15) is 18.3 Å². The van der Waals surface area contributed by atoms with E-state index >= 15 is 0 Å². The number of rotatable bonds is 3. The summed E-state index contributed by atoms with van der Waals surface area (Å²) in [6.45, 7) is -0.101. The van der Waals surface area contributed by atoms with Gasteiger partial charge in [-0.3, -0.25) is 4.57 Å². The van der Waals surface area contributed by atoms with E-state index in [4.69, 9.17) is 4.74 Å². The molecule has 3 rings (SSSR count). The Morgan fingerprint density at radius 3 is 2.84 bits per heavy atom. The van der Waals surface area contributed by atoms with Gasteiger partial charge in [0.25, 0.3) is 0 Å². The summed E-state index contributed by atoms with van der Waals surface area (Å²) in [5.41, 5.74) is -1.00. The van der Waals surface area contributed by atoms with Crippen molar-refractivity contribution < 1.29 is 22.7 Å². The number of hydrogen-bond acceptors (Lipinski definition) is 4. The van der Waals surface area contributed by atoms with Crippen LogP contribution in [0.25, 0.3) is 0 Å². The second-order valence-electron chi connectivity index (χ2n) is 5.86. The fourth-order valence-electron chi connectivity index (χ4n) is 3.01. The number of halogens is 3. The van der Waals surface area contributed by atoms with Crippen LogP contribution >= 0.6 is 0 Å². The summed E-state index contributed by atoms with van der Waals surface area (Å²) in [6, 6.07) is 4.01. The molecule has 0 fully saturated rings. The van der Waals surface area contributed by atoms with Gasteiger partial charge in [-0.25, -0.2) is 14.3 Å². The van der Waals surface area contributed by atoms with Gasteiger partial charge in [-0.1, -0.05) is 12.1 Å². The van der Waals surface area contributed by atoms with Crippen LogP contribution in [-0.4, -0.2) is 27.4 Å². The lowest BCUT2D eigenvalue weighted by molar-refractivity contribution is -0.145. The number of ether oxygens (including phenoxy) is 1. The predicted octanol–water partition coefficient (Wildman–Crippen LogP) is 2.16. The van der Waals surface area contributed by atoms with Crippen molar-refractivity contribution in [2.45, 2.75) is 38.0 Å². The standard InChI is InChI=1S/C16H16F3N3O3/c1-25-14(23)12-6-3-7-13-20-21(15(24)22(12)13)9-10-4-2-5-11(8-10)16(17,18)19/h2,4-5,8,12H,3,6-7,9H2,1H3/t12-/m0/s1. The van der Waals surface area contributed by atoms with E-state index in [9.17, 15) is 22.8 Å². The Morgan fingerprint density at radius 1 is 1.40 bits per heavy atom. The first kappa shape index (κ1) is 17.2. The molecular weight excluding hydrogens is 339 g/mol. The molecule has 1 aromatic heterocycles. The molecule has 2 aromatic rings. The van der Waals surface area contributed by atoms with Gasteiger partial charge in [0, 0.05) is 6.42 Å². The van der Waals surface area contributed by atoms with Crippen LogP contribution in [0.3, 0.4) is 0 Å². The second kappa shape index (κ2) is 6.38. The number of benzene rings is 1. The van der Waals surface area contributed by atoms with Gasteiger partial charge < -0.3 is 4.74 Å². The van der Waals surface area contributed by atoms with Crippen molar-refractivity contribution in [3.63, 3.8) is 0 Å². The Hall–Kier alpha value is -2.58. The molecule has 6 nitrogen and oxygen atoms in total. The Kier molecular flexibility index (Phi) is 4.40. The molecule has 2 heterocycles. The minimum Gasteiger partial charge on any atom is -0.467 e. The summed E-state index contributed by atoms with van der Waals surface area (Å²) >= 11 is 0. The quantitative estimate of drug-likeness (QED) is 0.792. The molecule has 0 saturated carbocycles. The van der Waals surface area contributed by atoms with E-state index in [0.717, 1.165) is 16.8 Å². The fraction of sp³-hybridized carbons (Fsp3) is 0.438. The van der Waals surface area contributed by atoms with E-state index in [2.05, 4.69) is 5.10 Å². The molecule has 0 radical (unpaired) electrons. The van der Waals surface area contributed by atoms with Crippen molar-refractivity contribution in [1.29, 1.82) is 0 Å². The van der Waals surface area contributed by atoms with Crippen molar-refractivity contribution in [1.82, 2.24) is 14.3 Å². The highest BCUT2D eigenvalue weighted by molar-refractivity contribution is 5.74. The third-order valence-electron chi connectivity index (χ3n) is 4.19. The number of aryl methyl sites for hydroxylation is 1. The molecule has 0 amide bonds. The molecule has 1 aliphatic rings. The molecule has 1 aliphatic heterocycles. The number of alkyl halides is 3. The fourth-order valence-corrected chi connectivity index (χ4v) is 3.01. The lowest BCUT2D eigenvalue weighted by Crippen LogP contribution is -2.35. The SMILES string of the molecule is COC(=O)[C@@H]1CCCc2nn(Cc3cccc(C(F)(F)F)c3)c(=O)n21. The van der Waals surface area contributed by atoms with Crippen LogP contribution in [0.5, 0.6) is 0 Å². The monoisotopic (exact) mass is 355 g/mol. The third kappa shape index (κ3) is 3.31. The molecule has 1 atom stereocenters. The normalized spacial score (nSPS) is 17.2. The van der Waals surface area contributed by atoms with Crippen molar-refractivity contribution in [2.24, 2.45) is 0 Å². The number of esters is 1. The summed E-state index contributed by atoms with van der Waals surface area (Å²) in [5.74, 6) is -0.0831. The summed E-state index contributed by atoms with van der Waals surface area (Å²) in [7, 11) is 1.24. The predicted molar refractivity (Wildman–Crippen MR) is 81.0 cm³/mol. The van der Waals surface area contributed by atoms with Gasteiger partial charge in [0.2, 0.25) is 0 Å². The molecule has 0 N–H and O–H groups in total. The van der Waals surface area contributed by atoms with Crippen LogP contribution in [-0.2, 0) is 28.7 Å². The first-order chi connectivity index (χ1) is 11.8. The lowest BCUT2D eigenvalue weighted by Gasteiger charge is -2.20. The maximum absolute atomic E-state index is 12.8. The summed E-state index contributed by atoms with van der Waals surface area (Å²) < 4.78 is 45.5. The lowest BCUT2D eigenvalue weighted by atomic mass is 10.1. The molecule has 0 spiro atoms. The van der Waals surface area contributed by atoms with E-state index in [1.54, 1.807) is 0 Å². The zero-order chi connectivity index (χ0) is 18.2. The van der Waals surface area contributed by atoms with Crippen LogP contribution in [0.1, 0.15) is 35.8 Å². The molecule has 0 aliphatic carbocycles. The molecule has 134 valence electrons. The zero-order valence-electron chi connectivity index (χ0n) is 13.4. The Labute approximate surface area is 140 Å². The maximum Gasteiger partial charge on any atom is 0.416 e. The second-order valence-corrected chi connectivity index (χ2v) is 5.86. The van der Waals surface area contributed by atoms with Gasteiger partial charge in [-0.15, -0.1) is 0 Å². The number of hydrogen-bond donors (Lipinski definition) is 0. The van der Waals surface area contributed by atoms with Gasteiger partial charge in [-0.05, 0) is 30.5 Å². The van der Waals surface area contributed by atoms with Gasteiger partial charge in [0.1, 0.15) is 11.9 Å². The average Bonchev–Trinajstić information content (AvgIpc) is 2.90. The number of carbonyl (C=O) groups is 1. The topological polar surface area (TPSA) is 66.1 Å². The van der Waals surface area contributed by atoms with Crippen LogP contribution in [0.4, 0.5) is 13.2 Å². The van der Waals surface area contributed by atoms with Crippen LogP contribution < -0.4 is 5.69 Å². The Balaban J connectivity index is 1.94. The molecule has 0 saturated heterocycles. The van der Waals surface area contributed by atoms with Crippen molar-refractivity contribution in [2.75, 3.05) is 7.11 Å². The maximum atomic E-state index is 12.8. The van der Waals surface area contributed by atoms with Crippen molar-refractivity contribution in [3.05, 3.63) is 51.7 Å². The Bertz CT molecular complexity index is 854. The highest BCUT2D eigenvalue weighted by Crippen LogP contribution is 2.29. The minimum absolute atomic E-state index is 0.101. The molecule has 25 heavy (non-hydrogen) atoms. The molecular formula is C16H16F3N3O3. The number of carbonyl (C=O) groups excluding carboxylic acids is 1. The minimum atomic E-state index is -4.45. The van der Waals surface area contributed by atoms with E-state index in [1.807, 2.05) is 0 Å². The number of nitrogens with zero attached hydrogens (tertiary/aromatic N) is 3. The molecule has 0 unspecified atom stereocenters. The summed E-state index contributed by atoms with van der Waals surface area (Å²) in [6.07, 6.45) is -2.78. The largest absolute Gasteiger partial charge is 0.467 e. The van der Waals surface area contributed by atoms with Crippen molar-refractivity contribution in [3.8, 4) is 0 Å². The third-order valence-corrected chi connectivity index (χ3v) is 4.19. The zero-order valence-corrected chi connectivity index (χ0v) is 13.4. The van der Waals surface area contributed by atoms with Crippen LogP contribution in [0.15, 0.2) is 29.1 Å². The van der Waals surface area contributed by atoms with E-state index in [1.165, 1.54) is 23.8 Å². The molecule has 0 bridgehead atoms. The van der Waals surface area contributed by atoms with E-state index in [0.29, 0.717) is 30.7 Å². The summed E-state index contributed by atoms with van der Waals surface area (Å²) in [4.78, 5) is 24.4. The number of fused-ring (bicyclic) bond motifs is 1. The first-order valence-corrected chi connectivity index (χ1v) is 7.73. The highest BCUT2D eigenvalue weighted by atomic mass is 19.4. The van der Waals surface area contributed by atoms with Crippen molar-refractivity contribution >= 4 is 5.97 Å². The molecule has 1 aromatic carbocycles. The van der Waals surface area contributed by atoms with Gasteiger partial charge >= 0.3 is 17.8 Å².